The fraction of sp³-hybridized carbons (Fsp3) is 0.385. The number of sulfonamides is 1. The van der Waals surface area contributed by atoms with Crippen molar-refractivity contribution < 1.29 is 13.2 Å². The smallest absolute Gasteiger partial charge is 0.211 e. The van der Waals surface area contributed by atoms with E-state index in [1.165, 1.54) is 28.6 Å². The predicted molar refractivity (Wildman–Crippen MR) is 76.1 cm³/mol. The number of aliphatic imine (C=N–C) groups is 1. The van der Waals surface area contributed by atoms with Gasteiger partial charge in [0.2, 0.25) is 16.1 Å². The summed E-state index contributed by atoms with van der Waals surface area (Å²) in [5, 5.41) is 8.96. The van der Waals surface area contributed by atoms with E-state index in [9.17, 15) is 13.2 Å². The van der Waals surface area contributed by atoms with Gasteiger partial charge in [-0.25, -0.2) is 18.2 Å². The van der Waals surface area contributed by atoms with E-state index in [0.29, 0.717) is 12.8 Å². The van der Waals surface area contributed by atoms with Crippen LogP contribution in [0.4, 0.5) is 0 Å². The summed E-state index contributed by atoms with van der Waals surface area (Å²) in [6.45, 7) is 0.510. The number of carbonyl (C=O) groups excluding carboxylic acids is 1. The molecule has 0 atom stereocenters. The monoisotopic (exact) mass is 325 g/mol. The lowest BCUT2D eigenvalue weighted by Gasteiger charge is -2.29. The second kappa shape index (κ2) is 6.37. The molecule has 1 aromatic rings. The summed E-state index contributed by atoms with van der Waals surface area (Å²) < 4.78 is 26.4. The minimum absolute atomic E-state index is 0.0689. The van der Waals surface area contributed by atoms with Crippen LogP contribution < -0.4 is 0 Å². The molecule has 0 saturated carbocycles. The second-order valence-corrected chi connectivity index (χ2v) is 6.93. The molecule has 0 unspecified atom stereocenters. The maximum absolute atomic E-state index is 12.6. The summed E-state index contributed by atoms with van der Waals surface area (Å²) in [5.74, 6) is 0. The highest BCUT2D eigenvalue weighted by Gasteiger charge is 2.31. The lowest BCUT2D eigenvalue weighted by Crippen LogP contribution is -2.39. The Labute approximate surface area is 127 Å². The molecular weight excluding hydrogens is 314 g/mol. The average Bonchev–Trinajstić information content (AvgIpc) is 2.48. The molecule has 0 N–H and O–H groups in total. The first-order valence-electron chi connectivity index (χ1n) is 6.26. The van der Waals surface area contributed by atoms with Crippen molar-refractivity contribution in [3.8, 4) is 6.07 Å². The quantitative estimate of drug-likeness (QED) is 0.624. The largest absolute Gasteiger partial charge is 0.244 e. The van der Waals surface area contributed by atoms with Crippen LogP contribution in [0.25, 0.3) is 0 Å². The highest BCUT2D eigenvalue weighted by molar-refractivity contribution is 7.89. The summed E-state index contributed by atoms with van der Waals surface area (Å²) in [6.07, 6.45) is 2.42. The molecule has 1 fully saturated rings. The van der Waals surface area contributed by atoms with Crippen molar-refractivity contribution in [2.75, 3.05) is 13.1 Å². The van der Waals surface area contributed by atoms with Gasteiger partial charge in [-0.2, -0.15) is 9.57 Å². The van der Waals surface area contributed by atoms with Gasteiger partial charge < -0.3 is 0 Å². The van der Waals surface area contributed by atoms with E-state index < -0.39 is 10.0 Å². The Bertz CT molecular complexity index is 728. The van der Waals surface area contributed by atoms with Crippen molar-refractivity contribution in [1.82, 2.24) is 4.31 Å². The third-order valence-corrected chi connectivity index (χ3v) is 5.72. The molecule has 0 aromatic heterocycles. The average molecular weight is 326 g/mol. The van der Waals surface area contributed by atoms with Crippen LogP contribution in [-0.4, -0.2) is 37.9 Å². The van der Waals surface area contributed by atoms with E-state index >= 15 is 0 Å². The summed E-state index contributed by atoms with van der Waals surface area (Å²) in [7, 11) is -3.75. The minimum Gasteiger partial charge on any atom is -0.211 e. The first kappa shape index (κ1) is 15.7. The zero-order valence-corrected chi connectivity index (χ0v) is 12.6. The molecule has 0 spiro atoms. The van der Waals surface area contributed by atoms with E-state index in [0.717, 1.165) is 0 Å². The van der Waals surface area contributed by atoms with E-state index in [1.807, 2.05) is 6.07 Å². The zero-order chi connectivity index (χ0) is 15.5. The Morgan fingerprint density at radius 1 is 1.33 bits per heavy atom. The van der Waals surface area contributed by atoms with Crippen LogP contribution in [0.2, 0.25) is 5.02 Å². The number of hydrogen-bond acceptors (Lipinski definition) is 5. The number of nitriles is 1. The van der Waals surface area contributed by atoms with Gasteiger partial charge in [-0.3, -0.25) is 0 Å². The van der Waals surface area contributed by atoms with Crippen molar-refractivity contribution in [2.24, 2.45) is 4.99 Å². The lowest BCUT2D eigenvalue weighted by atomic mass is 10.1. The Morgan fingerprint density at radius 3 is 2.57 bits per heavy atom. The number of piperidine rings is 1. The molecule has 0 amide bonds. The third-order valence-electron chi connectivity index (χ3n) is 3.34. The van der Waals surface area contributed by atoms with E-state index in [1.54, 1.807) is 0 Å². The molecule has 1 aromatic carbocycles. The number of benzene rings is 1. The van der Waals surface area contributed by atoms with Gasteiger partial charge in [-0.1, -0.05) is 11.6 Å². The van der Waals surface area contributed by atoms with Crippen LogP contribution >= 0.6 is 11.6 Å². The highest BCUT2D eigenvalue weighted by Crippen LogP contribution is 2.28. The summed E-state index contributed by atoms with van der Waals surface area (Å²) in [6, 6.07) is 5.84. The van der Waals surface area contributed by atoms with Gasteiger partial charge in [-0.15, -0.1) is 0 Å². The highest BCUT2D eigenvalue weighted by atomic mass is 35.5. The SMILES string of the molecule is N#Cc1ccc(Cl)c(S(=O)(=O)N2CCC(N=C=O)CC2)c1. The molecule has 8 heteroatoms. The fourth-order valence-corrected chi connectivity index (χ4v) is 4.17. The number of halogens is 1. The van der Waals surface area contributed by atoms with Gasteiger partial charge in [0.15, 0.2) is 0 Å². The van der Waals surface area contributed by atoms with Crippen molar-refractivity contribution >= 4 is 27.7 Å². The predicted octanol–water partition coefficient (Wildman–Crippen LogP) is 1.70. The topological polar surface area (TPSA) is 90.6 Å². The summed E-state index contributed by atoms with van der Waals surface area (Å²) in [4.78, 5) is 13.8. The zero-order valence-electron chi connectivity index (χ0n) is 11.0. The van der Waals surface area contributed by atoms with Crippen molar-refractivity contribution in [2.45, 2.75) is 23.8 Å². The van der Waals surface area contributed by atoms with Gasteiger partial charge in [0.05, 0.1) is 22.7 Å². The Morgan fingerprint density at radius 2 is 2.00 bits per heavy atom. The van der Waals surface area contributed by atoms with Crippen LogP contribution in [0.5, 0.6) is 0 Å². The minimum atomic E-state index is -3.75. The van der Waals surface area contributed by atoms with Crippen LogP contribution in [-0.2, 0) is 14.8 Å². The fourth-order valence-electron chi connectivity index (χ4n) is 2.20. The maximum Gasteiger partial charge on any atom is 0.244 e. The van der Waals surface area contributed by atoms with Crippen LogP contribution in [0.1, 0.15) is 18.4 Å². The van der Waals surface area contributed by atoms with Gasteiger partial charge in [-0.05, 0) is 31.0 Å². The molecule has 0 aliphatic carbocycles. The van der Waals surface area contributed by atoms with Crippen LogP contribution in [0.3, 0.4) is 0 Å². The number of nitrogens with zero attached hydrogens (tertiary/aromatic N) is 3. The third kappa shape index (κ3) is 3.31. The molecule has 6 nitrogen and oxygen atoms in total. The molecule has 21 heavy (non-hydrogen) atoms. The molecule has 0 radical (unpaired) electrons. The second-order valence-electron chi connectivity index (χ2n) is 4.61. The molecule has 0 bridgehead atoms. The Kier molecular flexibility index (Phi) is 4.76. The van der Waals surface area contributed by atoms with E-state index in [2.05, 4.69) is 4.99 Å². The molecule has 1 heterocycles. The van der Waals surface area contributed by atoms with E-state index in [4.69, 9.17) is 16.9 Å². The van der Waals surface area contributed by atoms with Crippen molar-refractivity contribution in [3.63, 3.8) is 0 Å². The number of isocyanates is 1. The molecule has 1 saturated heterocycles. The van der Waals surface area contributed by atoms with Crippen LogP contribution in [0, 0.1) is 11.3 Å². The molecular formula is C13H12ClN3O3S. The Hall–Kier alpha value is -1.71. The maximum atomic E-state index is 12.6. The standard InChI is InChI=1S/C13H12ClN3O3S/c14-12-2-1-10(8-15)7-13(12)21(19,20)17-5-3-11(4-6-17)16-9-18/h1-2,7,11H,3-6H2. The number of rotatable bonds is 3. The number of hydrogen-bond donors (Lipinski definition) is 0. The first-order chi connectivity index (χ1) is 9.98. The van der Waals surface area contributed by atoms with Crippen LogP contribution in [0.15, 0.2) is 28.1 Å². The van der Waals surface area contributed by atoms with Gasteiger partial charge >= 0.3 is 0 Å². The Balaban J connectivity index is 2.28. The molecule has 1 aliphatic heterocycles. The summed E-state index contributed by atoms with van der Waals surface area (Å²) in [5.41, 5.74) is 0.235. The van der Waals surface area contributed by atoms with Crippen molar-refractivity contribution in [3.05, 3.63) is 28.8 Å². The molecule has 2 rings (SSSR count). The van der Waals surface area contributed by atoms with Crippen molar-refractivity contribution in [1.29, 1.82) is 5.26 Å². The van der Waals surface area contributed by atoms with Gasteiger partial charge in [0.25, 0.3) is 0 Å². The van der Waals surface area contributed by atoms with E-state index in [-0.39, 0.29) is 34.6 Å². The summed E-state index contributed by atoms with van der Waals surface area (Å²) >= 11 is 5.95. The molecule has 1 aliphatic rings. The lowest BCUT2D eigenvalue weighted by molar-refractivity contribution is 0.320. The normalized spacial score (nSPS) is 17.0. The van der Waals surface area contributed by atoms with Gasteiger partial charge in [0.1, 0.15) is 4.90 Å². The molecule has 110 valence electrons. The first-order valence-corrected chi connectivity index (χ1v) is 8.07. The van der Waals surface area contributed by atoms with Gasteiger partial charge in [0, 0.05) is 13.1 Å².